The van der Waals surface area contributed by atoms with Crippen LogP contribution in [0.4, 0.5) is 5.95 Å². The Hall–Kier alpha value is -1.24. The molecule has 114 valence electrons. The third-order valence-corrected chi connectivity index (χ3v) is 4.49. The zero-order chi connectivity index (χ0) is 15.5. The average molecular weight is 300 g/mol. The van der Waals surface area contributed by atoms with Gasteiger partial charge in [0, 0.05) is 18.6 Å². The number of carboxylic acid groups (broad SMARTS) is 1. The number of nitrogens with zero attached hydrogens (tertiary/aromatic N) is 4. The highest BCUT2D eigenvalue weighted by Crippen LogP contribution is 2.29. The summed E-state index contributed by atoms with van der Waals surface area (Å²) >= 11 is 1.20. The Labute approximate surface area is 124 Å². The zero-order valence-corrected chi connectivity index (χ0v) is 13.9. The molecule has 0 aliphatic heterocycles. The Bertz CT molecular complexity index is 471. The Balaban J connectivity index is 3.12. The maximum atomic E-state index is 10.7. The van der Waals surface area contributed by atoms with E-state index in [0.717, 1.165) is 12.4 Å². The average Bonchev–Trinajstić information content (AvgIpc) is 2.79. The SMILES string of the molecule is CCC(C)(C)N(C)c1nnc(SCC(=O)O)n1C(C)C. The van der Waals surface area contributed by atoms with E-state index in [2.05, 4.69) is 35.9 Å². The van der Waals surface area contributed by atoms with Gasteiger partial charge in [0.05, 0.1) is 5.75 Å². The second-order valence-corrected chi connectivity index (χ2v) is 6.60. The third-order valence-electron chi connectivity index (χ3n) is 3.56. The first-order valence-electron chi connectivity index (χ1n) is 6.74. The number of aliphatic carboxylic acids is 1. The minimum Gasteiger partial charge on any atom is -0.481 e. The van der Waals surface area contributed by atoms with Crippen LogP contribution >= 0.6 is 11.8 Å². The molecule has 0 aliphatic carbocycles. The second-order valence-electron chi connectivity index (χ2n) is 5.65. The Morgan fingerprint density at radius 2 is 2.05 bits per heavy atom. The summed E-state index contributed by atoms with van der Waals surface area (Å²) in [4.78, 5) is 12.8. The Morgan fingerprint density at radius 3 is 2.50 bits per heavy atom. The standard InChI is InChI=1S/C13H24N4O2S/c1-7-13(4,5)16(6)11-14-15-12(17(11)9(2)3)20-8-10(18)19/h9H,7-8H2,1-6H3,(H,18,19). The predicted octanol–water partition coefficient (Wildman–Crippen LogP) is 2.66. The van der Waals surface area contributed by atoms with Gasteiger partial charge in [0.15, 0.2) is 5.16 Å². The molecule has 20 heavy (non-hydrogen) atoms. The largest absolute Gasteiger partial charge is 0.481 e. The molecule has 0 saturated heterocycles. The maximum absolute atomic E-state index is 10.7. The summed E-state index contributed by atoms with van der Waals surface area (Å²) in [7, 11) is 2.00. The van der Waals surface area contributed by atoms with Gasteiger partial charge in [-0.2, -0.15) is 0 Å². The lowest BCUT2D eigenvalue weighted by atomic mass is 10.0. The van der Waals surface area contributed by atoms with E-state index < -0.39 is 5.97 Å². The second kappa shape index (κ2) is 6.47. The van der Waals surface area contributed by atoms with Gasteiger partial charge in [0.2, 0.25) is 5.95 Å². The Kier molecular flexibility index (Phi) is 5.44. The minimum absolute atomic E-state index is 0.00820. The molecule has 0 saturated carbocycles. The van der Waals surface area contributed by atoms with Crippen LogP contribution in [0, 0.1) is 0 Å². The Morgan fingerprint density at radius 1 is 1.45 bits per heavy atom. The number of carbonyl (C=O) groups is 1. The first kappa shape index (κ1) is 16.8. The summed E-state index contributed by atoms with van der Waals surface area (Å²) in [6, 6.07) is 0.173. The maximum Gasteiger partial charge on any atom is 0.313 e. The van der Waals surface area contributed by atoms with E-state index in [1.165, 1.54) is 11.8 Å². The van der Waals surface area contributed by atoms with E-state index in [0.29, 0.717) is 5.16 Å². The summed E-state index contributed by atoms with van der Waals surface area (Å²) in [6.45, 7) is 10.5. The van der Waals surface area contributed by atoms with Crippen molar-refractivity contribution in [3.8, 4) is 0 Å². The summed E-state index contributed by atoms with van der Waals surface area (Å²) in [6.07, 6.45) is 0.978. The summed E-state index contributed by atoms with van der Waals surface area (Å²) in [5.74, 6) is -0.0806. The molecule has 7 heteroatoms. The molecule has 1 aromatic heterocycles. The number of hydrogen-bond acceptors (Lipinski definition) is 5. The number of carboxylic acids is 1. The van der Waals surface area contributed by atoms with Gasteiger partial charge in [0.1, 0.15) is 0 Å². The molecule has 1 aromatic rings. The van der Waals surface area contributed by atoms with Gasteiger partial charge < -0.3 is 10.0 Å². The highest BCUT2D eigenvalue weighted by atomic mass is 32.2. The lowest BCUT2D eigenvalue weighted by Crippen LogP contribution is -2.42. The van der Waals surface area contributed by atoms with E-state index in [1.54, 1.807) is 0 Å². The quantitative estimate of drug-likeness (QED) is 0.781. The van der Waals surface area contributed by atoms with Gasteiger partial charge in [-0.1, -0.05) is 18.7 Å². The predicted molar refractivity (Wildman–Crippen MR) is 81.5 cm³/mol. The molecule has 1 rings (SSSR count). The summed E-state index contributed by atoms with van der Waals surface area (Å²) in [5, 5.41) is 17.9. The van der Waals surface area contributed by atoms with Crippen LogP contribution in [-0.4, -0.2) is 44.2 Å². The summed E-state index contributed by atoms with van der Waals surface area (Å²) < 4.78 is 1.99. The first-order valence-corrected chi connectivity index (χ1v) is 7.72. The van der Waals surface area contributed by atoms with Crippen molar-refractivity contribution < 1.29 is 9.90 Å². The monoisotopic (exact) mass is 300 g/mol. The molecule has 0 aromatic carbocycles. The fourth-order valence-corrected chi connectivity index (χ4v) is 2.47. The number of aromatic nitrogens is 3. The van der Waals surface area contributed by atoms with Crippen LogP contribution < -0.4 is 4.90 Å². The van der Waals surface area contributed by atoms with E-state index >= 15 is 0 Å². The molecule has 0 aliphatic rings. The van der Waals surface area contributed by atoms with Crippen molar-refractivity contribution in [1.82, 2.24) is 14.8 Å². The molecule has 1 heterocycles. The molecule has 0 atom stereocenters. The zero-order valence-electron chi connectivity index (χ0n) is 13.0. The third kappa shape index (κ3) is 3.65. The van der Waals surface area contributed by atoms with Gasteiger partial charge >= 0.3 is 5.97 Å². The van der Waals surface area contributed by atoms with E-state index in [9.17, 15) is 4.79 Å². The fraction of sp³-hybridized carbons (Fsp3) is 0.769. The molecule has 0 spiro atoms. The van der Waals surface area contributed by atoms with Crippen molar-refractivity contribution in [2.24, 2.45) is 0 Å². The van der Waals surface area contributed by atoms with Gasteiger partial charge in [-0.15, -0.1) is 10.2 Å². The van der Waals surface area contributed by atoms with Gasteiger partial charge in [-0.25, -0.2) is 0 Å². The molecular weight excluding hydrogens is 276 g/mol. The topological polar surface area (TPSA) is 71.2 Å². The van der Waals surface area contributed by atoms with Crippen LogP contribution in [0.5, 0.6) is 0 Å². The van der Waals surface area contributed by atoms with Crippen LogP contribution in [0.1, 0.15) is 47.1 Å². The van der Waals surface area contributed by atoms with Crippen molar-refractivity contribution in [2.75, 3.05) is 17.7 Å². The van der Waals surface area contributed by atoms with Crippen LogP contribution in [0.15, 0.2) is 5.16 Å². The lowest BCUT2D eigenvalue weighted by molar-refractivity contribution is -0.133. The van der Waals surface area contributed by atoms with Crippen LogP contribution in [0.3, 0.4) is 0 Å². The first-order chi connectivity index (χ1) is 9.20. The van der Waals surface area contributed by atoms with E-state index in [-0.39, 0.29) is 17.3 Å². The number of hydrogen-bond donors (Lipinski definition) is 1. The summed E-state index contributed by atoms with van der Waals surface area (Å²) in [5.41, 5.74) is -0.0333. The number of rotatable bonds is 7. The molecule has 0 radical (unpaired) electrons. The van der Waals surface area contributed by atoms with Crippen molar-refractivity contribution in [3.05, 3.63) is 0 Å². The fourth-order valence-electron chi connectivity index (χ4n) is 1.68. The molecular formula is C13H24N4O2S. The molecule has 1 N–H and O–H groups in total. The normalized spacial score (nSPS) is 11.9. The van der Waals surface area contributed by atoms with Crippen LogP contribution in [-0.2, 0) is 4.79 Å². The molecule has 0 unspecified atom stereocenters. The highest BCUT2D eigenvalue weighted by molar-refractivity contribution is 7.99. The van der Waals surface area contributed by atoms with Crippen molar-refractivity contribution in [2.45, 2.75) is 57.8 Å². The van der Waals surface area contributed by atoms with Crippen LogP contribution in [0.2, 0.25) is 0 Å². The van der Waals surface area contributed by atoms with Gasteiger partial charge in [0.25, 0.3) is 0 Å². The number of thioether (sulfide) groups is 1. The molecule has 0 fully saturated rings. The van der Waals surface area contributed by atoms with Crippen LogP contribution in [0.25, 0.3) is 0 Å². The van der Waals surface area contributed by atoms with Gasteiger partial charge in [-0.05, 0) is 34.1 Å². The van der Waals surface area contributed by atoms with Gasteiger partial charge in [-0.3, -0.25) is 9.36 Å². The van der Waals surface area contributed by atoms with E-state index in [1.807, 2.05) is 25.5 Å². The van der Waals surface area contributed by atoms with E-state index in [4.69, 9.17) is 5.11 Å². The molecule has 0 bridgehead atoms. The van der Waals surface area contributed by atoms with Crippen molar-refractivity contribution in [1.29, 1.82) is 0 Å². The lowest BCUT2D eigenvalue weighted by Gasteiger charge is -2.36. The number of anilines is 1. The minimum atomic E-state index is -0.850. The smallest absolute Gasteiger partial charge is 0.313 e. The molecule has 0 amide bonds. The highest BCUT2D eigenvalue weighted by Gasteiger charge is 2.27. The molecule has 6 nitrogen and oxygen atoms in total. The van der Waals surface area contributed by atoms with Crippen molar-refractivity contribution >= 4 is 23.7 Å². The van der Waals surface area contributed by atoms with Crippen molar-refractivity contribution in [3.63, 3.8) is 0 Å².